The van der Waals surface area contributed by atoms with E-state index in [9.17, 15) is 0 Å². The third kappa shape index (κ3) is 1.72. The van der Waals surface area contributed by atoms with Crippen molar-refractivity contribution in [3.05, 3.63) is 53.1 Å². The zero-order valence-electron chi connectivity index (χ0n) is 7.96. The Labute approximate surface area is 79.6 Å². The average Bonchev–Trinajstić information content (AvgIpc) is 2.57. The van der Waals surface area contributed by atoms with Gasteiger partial charge in [0.2, 0.25) is 0 Å². The minimum Gasteiger partial charge on any atom is -0.0913 e. The van der Waals surface area contributed by atoms with Crippen LogP contribution in [-0.4, -0.2) is 0 Å². The quantitative estimate of drug-likeness (QED) is 0.595. The standard InChI is InChI=1S/C13H14/c1-2-3-6-11-9-12-7-4-5-8-13(12)10-11/h2-5,7-9H,6,10H2,1H3/b3-2+. The molecule has 13 heavy (non-hydrogen) atoms. The number of hydrogen-bond acceptors (Lipinski definition) is 0. The molecule has 0 heterocycles. The highest BCUT2D eigenvalue weighted by Crippen LogP contribution is 2.26. The fraction of sp³-hybridized carbons (Fsp3) is 0.231. The Morgan fingerprint density at radius 2 is 2.15 bits per heavy atom. The van der Waals surface area contributed by atoms with Crippen LogP contribution >= 0.6 is 0 Å². The van der Waals surface area contributed by atoms with Crippen LogP contribution < -0.4 is 0 Å². The predicted octanol–water partition coefficient (Wildman–Crippen LogP) is 3.59. The van der Waals surface area contributed by atoms with Crippen LogP contribution in [0.2, 0.25) is 0 Å². The third-order valence-corrected chi connectivity index (χ3v) is 2.45. The largest absolute Gasteiger partial charge is 0.0913 e. The second-order valence-electron chi connectivity index (χ2n) is 3.45. The van der Waals surface area contributed by atoms with E-state index in [1.54, 1.807) is 0 Å². The molecule has 0 heteroatoms. The summed E-state index contributed by atoms with van der Waals surface area (Å²) in [7, 11) is 0. The van der Waals surface area contributed by atoms with E-state index in [0.717, 1.165) is 12.8 Å². The molecule has 66 valence electrons. The third-order valence-electron chi connectivity index (χ3n) is 2.45. The molecular formula is C13H14. The summed E-state index contributed by atoms with van der Waals surface area (Å²) in [6.45, 7) is 2.07. The van der Waals surface area contributed by atoms with Crippen LogP contribution in [0.1, 0.15) is 24.5 Å². The van der Waals surface area contributed by atoms with Crippen LogP contribution in [0.5, 0.6) is 0 Å². The molecule has 1 aliphatic carbocycles. The minimum atomic E-state index is 1.10. The number of fused-ring (bicyclic) bond motifs is 1. The van der Waals surface area contributed by atoms with Gasteiger partial charge >= 0.3 is 0 Å². The SMILES string of the molecule is C/C=C/CC1=Cc2ccccc2C1. The van der Waals surface area contributed by atoms with Gasteiger partial charge in [-0.05, 0) is 30.9 Å². The van der Waals surface area contributed by atoms with Crippen molar-refractivity contribution in [3.8, 4) is 0 Å². The van der Waals surface area contributed by atoms with Gasteiger partial charge in [0, 0.05) is 0 Å². The topological polar surface area (TPSA) is 0 Å². The highest BCUT2D eigenvalue weighted by Gasteiger charge is 2.09. The van der Waals surface area contributed by atoms with E-state index >= 15 is 0 Å². The predicted molar refractivity (Wildman–Crippen MR) is 57.6 cm³/mol. The first-order valence-electron chi connectivity index (χ1n) is 4.78. The maximum atomic E-state index is 2.31. The van der Waals surface area contributed by atoms with E-state index < -0.39 is 0 Å². The molecule has 0 aliphatic heterocycles. The van der Waals surface area contributed by atoms with Crippen LogP contribution in [-0.2, 0) is 6.42 Å². The van der Waals surface area contributed by atoms with Gasteiger partial charge in [0.25, 0.3) is 0 Å². The summed E-state index contributed by atoms with van der Waals surface area (Å²) >= 11 is 0. The summed E-state index contributed by atoms with van der Waals surface area (Å²) in [5.74, 6) is 0. The molecule has 1 aliphatic rings. The molecule has 0 atom stereocenters. The Kier molecular flexibility index (Phi) is 2.31. The first-order chi connectivity index (χ1) is 6.40. The highest BCUT2D eigenvalue weighted by molar-refractivity contribution is 5.63. The lowest BCUT2D eigenvalue weighted by Gasteiger charge is -1.96. The summed E-state index contributed by atoms with van der Waals surface area (Å²) in [6, 6.07) is 8.63. The molecule has 0 bridgehead atoms. The number of allylic oxidation sites excluding steroid dienone is 3. The smallest absolute Gasteiger partial charge is 0.00547 e. The van der Waals surface area contributed by atoms with Crippen molar-refractivity contribution in [1.82, 2.24) is 0 Å². The number of benzene rings is 1. The number of rotatable bonds is 2. The summed E-state index contributed by atoms with van der Waals surface area (Å²) in [6.07, 6.45) is 8.89. The summed E-state index contributed by atoms with van der Waals surface area (Å²) in [5, 5.41) is 0. The van der Waals surface area contributed by atoms with Gasteiger partial charge < -0.3 is 0 Å². The van der Waals surface area contributed by atoms with Crippen LogP contribution in [0, 0.1) is 0 Å². The van der Waals surface area contributed by atoms with E-state index in [4.69, 9.17) is 0 Å². The Morgan fingerprint density at radius 1 is 1.31 bits per heavy atom. The van der Waals surface area contributed by atoms with Gasteiger partial charge in [-0.15, -0.1) is 0 Å². The highest BCUT2D eigenvalue weighted by atomic mass is 14.1. The molecular weight excluding hydrogens is 156 g/mol. The maximum absolute atomic E-state index is 2.31. The van der Waals surface area contributed by atoms with Crippen molar-refractivity contribution in [1.29, 1.82) is 0 Å². The molecule has 0 radical (unpaired) electrons. The Bertz CT molecular complexity index is 356. The number of hydrogen-bond donors (Lipinski definition) is 0. The monoisotopic (exact) mass is 170 g/mol. The van der Waals surface area contributed by atoms with Crippen molar-refractivity contribution in [2.45, 2.75) is 19.8 Å². The molecule has 0 fully saturated rings. The van der Waals surface area contributed by atoms with Gasteiger partial charge in [0.15, 0.2) is 0 Å². The summed E-state index contributed by atoms with van der Waals surface area (Å²) < 4.78 is 0. The van der Waals surface area contributed by atoms with Crippen molar-refractivity contribution in [2.24, 2.45) is 0 Å². The van der Waals surface area contributed by atoms with Crippen molar-refractivity contribution < 1.29 is 0 Å². The molecule has 0 saturated carbocycles. The van der Waals surface area contributed by atoms with Crippen molar-refractivity contribution in [3.63, 3.8) is 0 Å². The first kappa shape index (κ1) is 8.31. The normalized spacial score (nSPS) is 14.7. The molecule has 1 aromatic carbocycles. The zero-order valence-corrected chi connectivity index (χ0v) is 7.96. The van der Waals surface area contributed by atoms with Crippen molar-refractivity contribution in [2.75, 3.05) is 0 Å². The Morgan fingerprint density at radius 3 is 2.92 bits per heavy atom. The zero-order chi connectivity index (χ0) is 9.10. The molecule has 2 rings (SSSR count). The molecule has 1 aromatic rings. The minimum absolute atomic E-state index is 1.10. The fourth-order valence-corrected chi connectivity index (χ4v) is 1.75. The van der Waals surface area contributed by atoms with E-state index in [2.05, 4.69) is 49.4 Å². The van der Waals surface area contributed by atoms with Gasteiger partial charge in [-0.3, -0.25) is 0 Å². The second-order valence-corrected chi connectivity index (χ2v) is 3.45. The fourth-order valence-electron chi connectivity index (χ4n) is 1.75. The van der Waals surface area contributed by atoms with Crippen LogP contribution in [0.15, 0.2) is 42.0 Å². The van der Waals surface area contributed by atoms with Gasteiger partial charge in [-0.2, -0.15) is 0 Å². The second kappa shape index (κ2) is 3.61. The summed E-state index contributed by atoms with van der Waals surface area (Å²) in [4.78, 5) is 0. The summed E-state index contributed by atoms with van der Waals surface area (Å²) in [5.41, 5.74) is 4.41. The lowest BCUT2D eigenvalue weighted by Crippen LogP contribution is -1.82. The molecule has 0 saturated heterocycles. The lowest BCUT2D eigenvalue weighted by molar-refractivity contribution is 1.11. The van der Waals surface area contributed by atoms with Crippen LogP contribution in [0.25, 0.3) is 6.08 Å². The molecule has 0 N–H and O–H groups in total. The van der Waals surface area contributed by atoms with E-state index in [0.29, 0.717) is 0 Å². The van der Waals surface area contributed by atoms with Crippen LogP contribution in [0.4, 0.5) is 0 Å². The molecule has 0 nitrogen and oxygen atoms in total. The van der Waals surface area contributed by atoms with Gasteiger partial charge in [0.1, 0.15) is 0 Å². The van der Waals surface area contributed by atoms with Crippen LogP contribution in [0.3, 0.4) is 0 Å². The van der Waals surface area contributed by atoms with E-state index in [1.165, 1.54) is 16.7 Å². The first-order valence-corrected chi connectivity index (χ1v) is 4.78. The molecule has 0 amide bonds. The van der Waals surface area contributed by atoms with E-state index in [1.807, 2.05) is 0 Å². The maximum Gasteiger partial charge on any atom is -0.00547 e. The van der Waals surface area contributed by atoms with Gasteiger partial charge in [0.05, 0.1) is 0 Å². The van der Waals surface area contributed by atoms with Crippen molar-refractivity contribution >= 4 is 6.08 Å². The lowest BCUT2D eigenvalue weighted by atomic mass is 10.1. The molecule has 0 unspecified atom stereocenters. The van der Waals surface area contributed by atoms with E-state index in [-0.39, 0.29) is 0 Å². The Balaban J connectivity index is 2.16. The average molecular weight is 170 g/mol. The van der Waals surface area contributed by atoms with Gasteiger partial charge in [-0.1, -0.05) is 48.1 Å². The molecule has 0 spiro atoms. The Hall–Kier alpha value is -1.30. The van der Waals surface area contributed by atoms with Gasteiger partial charge in [-0.25, -0.2) is 0 Å². The molecule has 0 aromatic heterocycles.